The Hall–Kier alpha value is -3.78. The van der Waals surface area contributed by atoms with Gasteiger partial charge in [0.25, 0.3) is 0 Å². The fraction of sp³-hybridized carbons (Fsp3) is 0.257. The molecule has 0 radical (unpaired) electrons. The largest absolute Gasteiger partial charge is 0.399 e. The zero-order valence-corrected chi connectivity index (χ0v) is 22.9. The van der Waals surface area contributed by atoms with Gasteiger partial charge in [-0.05, 0) is 74.3 Å². The van der Waals surface area contributed by atoms with Crippen molar-refractivity contribution in [2.75, 3.05) is 0 Å². The number of nitrogens with two attached hydrogens (primary N) is 2. The molecule has 194 valence electrons. The van der Waals surface area contributed by atoms with E-state index in [1.54, 1.807) is 0 Å². The second kappa shape index (κ2) is 16.1. The summed E-state index contributed by atoms with van der Waals surface area (Å²) in [5.74, 6) is 0.838. The Balaban J connectivity index is 2.17. The highest BCUT2D eigenvalue weighted by molar-refractivity contribution is 5.45. The fourth-order valence-corrected chi connectivity index (χ4v) is 4.19. The number of allylic oxidation sites excluding steroid dienone is 22. The van der Waals surface area contributed by atoms with Crippen molar-refractivity contribution in [3.63, 3.8) is 0 Å². The second-order valence-corrected chi connectivity index (χ2v) is 9.71. The van der Waals surface area contributed by atoms with E-state index >= 15 is 0 Å². The molecule has 37 heavy (non-hydrogen) atoms. The molecule has 0 heterocycles. The Morgan fingerprint density at radius 2 is 1.70 bits per heavy atom. The monoisotopic (exact) mass is 492 g/mol. The van der Waals surface area contributed by atoms with Gasteiger partial charge >= 0.3 is 0 Å². The molecule has 2 rings (SSSR count). The molecule has 4 N–H and O–H groups in total. The first-order valence-corrected chi connectivity index (χ1v) is 13.1. The Kier molecular flexibility index (Phi) is 12.8. The van der Waals surface area contributed by atoms with Crippen LogP contribution in [0.4, 0.5) is 0 Å². The van der Waals surface area contributed by atoms with Crippen LogP contribution < -0.4 is 11.5 Å². The van der Waals surface area contributed by atoms with Crippen LogP contribution in [-0.2, 0) is 0 Å². The van der Waals surface area contributed by atoms with Crippen LogP contribution in [-0.4, -0.2) is 0 Å². The average molecular weight is 493 g/mol. The van der Waals surface area contributed by atoms with Gasteiger partial charge in [-0.15, -0.1) is 0 Å². The number of hydrogen-bond acceptors (Lipinski definition) is 2. The molecule has 2 aliphatic carbocycles. The molecule has 0 bridgehead atoms. The summed E-state index contributed by atoms with van der Waals surface area (Å²) in [5, 5.41) is 0. The Bertz CT molecular complexity index is 1140. The molecule has 2 heteroatoms. The molecular weight excluding hydrogens is 448 g/mol. The van der Waals surface area contributed by atoms with Crippen molar-refractivity contribution in [2.24, 2.45) is 23.3 Å². The molecule has 0 unspecified atom stereocenters. The molecule has 0 amide bonds. The SMILES string of the molecule is C=C(N)/C=C/C/C(C)=C/C(=C\[C@H](C)C1C=CC=C1)/C=C/CC(=C)/C=C(\C=C(/N)C1=CC=CCC1)/C=C/C. The van der Waals surface area contributed by atoms with Crippen LogP contribution in [0.1, 0.15) is 46.5 Å². The van der Waals surface area contributed by atoms with Crippen LogP contribution >= 0.6 is 0 Å². The molecule has 0 aliphatic heterocycles. The van der Waals surface area contributed by atoms with E-state index in [4.69, 9.17) is 11.5 Å². The normalized spacial score (nSPS) is 18.5. The summed E-state index contributed by atoms with van der Waals surface area (Å²) in [4.78, 5) is 0. The lowest BCUT2D eigenvalue weighted by Gasteiger charge is -2.12. The Morgan fingerprint density at radius 1 is 0.973 bits per heavy atom. The van der Waals surface area contributed by atoms with Gasteiger partial charge in [0.1, 0.15) is 0 Å². The summed E-state index contributed by atoms with van der Waals surface area (Å²) >= 11 is 0. The van der Waals surface area contributed by atoms with Crippen LogP contribution in [0.3, 0.4) is 0 Å². The first-order valence-electron chi connectivity index (χ1n) is 13.1. The molecule has 0 aromatic carbocycles. The molecule has 0 spiro atoms. The molecule has 0 saturated carbocycles. The van der Waals surface area contributed by atoms with Gasteiger partial charge < -0.3 is 11.5 Å². The van der Waals surface area contributed by atoms with Crippen LogP contribution in [0, 0.1) is 11.8 Å². The Labute approximate surface area is 225 Å². The first kappa shape index (κ1) is 29.5. The number of rotatable bonds is 13. The summed E-state index contributed by atoms with van der Waals surface area (Å²) < 4.78 is 0. The molecule has 2 aliphatic rings. The highest BCUT2D eigenvalue weighted by Crippen LogP contribution is 2.24. The maximum Gasteiger partial charge on any atom is 0.0352 e. The van der Waals surface area contributed by atoms with Gasteiger partial charge in [0.15, 0.2) is 0 Å². The van der Waals surface area contributed by atoms with Crippen molar-refractivity contribution in [1.82, 2.24) is 0 Å². The molecule has 0 aromatic rings. The lowest BCUT2D eigenvalue weighted by molar-refractivity contribution is 0.616. The third-order valence-corrected chi connectivity index (χ3v) is 6.15. The zero-order chi connectivity index (χ0) is 27.0. The van der Waals surface area contributed by atoms with Gasteiger partial charge in [-0.1, -0.05) is 122 Å². The summed E-state index contributed by atoms with van der Waals surface area (Å²) in [5.41, 5.74) is 19.2. The van der Waals surface area contributed by atoms with Crippen molar-refractivity contribution < 1.29 is 0 Å². The van der Waals surface area contributed by atoms with Crippen molar-refractivity contribution in [3.8, 4) is 0 Å². The molecule has 0 saturated heterocycles. The maximum absolute atomic E-state index is 6.39. The predicted octanol–water partition coefficient (Wildman–Crippen LogP) is 8.78. The molecule has 2 nitrogen and oxygen atoms in total. The van der Waals surface area contributed by atoms with Crippen molar-refractivity contribution in [1.29, 1.82) is 0 Å². The number of hydrogen-bond donors (Lipinski definition) is 2. The van der Waals surface area contributed by atoms with E-state index in [1.165, 1.54) is 16.7 Å². The maximum atomic E-state index is 6.39. The van der Waals surface area contributed by atoms with Crippen LogP contribution in [0.25, 0.3) is 0 Å². The predicted molar refractivity (Wildman–Crippen MR) is 164 cm³/mol. The van der Waals surface area contributed by atoms with E-state index < -0.39 is 0 Å². The van der Waals surface area contributed by atoms with Gasteiger partial charge in [0.05, 0.1) is 0 Å². The lowest BCUT2D eigenvalue weighted by Crippen LogP contribution is -2.03. The highest BCUT2D eigenvalue weighted by atomic mass is 14.6. The zero-order valence-electron chi connectivity index (χ0n) is 22.9. The van der Waals surface area contributed by atoms with Crippen molar-refractivity contribution in [3.05, 3.63) is 156 Å². The molecule has 0 fully saturated rings. The van der Waals surface area contributed by atoms with Crippen molar-refractivity contribution >= 4 is 0 Å². The fourth-order valence-electron chi connectivity index (χ4n) is 4.19. The third kappa shape index (κ3) is 11.7. The van der Waals surface area contributed by atoms with Gasteiger partial charge in [-0.2, -0.15) is 0 Å². The summed E-state index contributed by atoms with van der Waals surface area (Å²) in [6, 6.07) is 0. The minimum Gasteiger partial charge on any atom is -0.399 e. The molecule has 1 atom stereocenters. The van der Waals surface area contributed by atoms with Gasteiger partial charge in [-0.3, -0.25) is 0 Å². The van der Waals surface area contributed by atoms with Crippen LogP contribution in [0.5, 0.6) is 0 Å². The summed E-state index contributed by atoms with van der Waals surface area (Å²) in [7, 11) is 0. The molecular formula is C35H44N2. The average Bonchev–Trinajstić information content (AvgIpc) is 3.39. The second-order valence-electron chi connectivity index (χ2n) is 9.71. The van der Waals surface area contributed by atoms with E-state index in [0.717, 1.165) is 42.5 Å². The quantitative estimate of drug-likeness (QED) is 0.252. The summed E-state index contributed by atoms with van der Waals surface area (Å²) in [6.07, 6.45) is 39.9. The topological polar surface area (TPSA) is 52.0 Å². The Morgan fingerprint density at radius 3 is 2.35 bits per heavy atom. The lowest BCUT2D eigenvalue weighted by atomic mass is 9.92. The van der Waals surface area contributed by atoms with Gasteiger partial charge in [-0.25, -0.2) is 0 Å². The van der Waals surface area contributed by atoms with E-state index in [2.05, 4.69) is 112 Å². The third-order valence-electron chi connectivity index (χ3n) is 6.15. The van der Waals surface area contributed by atoms with E-state index in [9.17, 15) is 0 Å². The van der Waals surface area contributed by atoms with Crippen LogP contribution in [0.15, 0.2) is 156 Å². The standard InChI is InChI=1S/C35H44N2/c1-6-14-31(26-35(37)34-21-8-7-9-22-34)23-28(3)16-13-18-32(24-27(2)15-12-17-30(5)36)25-29(4)33-19-10-11-20-33/h6-8,10-14,17-21,23-26,29,33H,3,5,9,15-16,22,36-37H2,1-2,4H3/b14-6+,17-12+,18-13+,27-24+,31-23-,32-25-,35-26-/t29-/m0/s1. The minimum absolute atomic E-state index is 0.402. The van der Waals surface area contributed by atoms with E-state index in [1.807, 2.05) is 25.2 Å². The van der Waals surface area contributed by atoms with E-state index in [-0.39, 0.29) is 0 Å². The van der Waals surface area contributed by atoms with Crippen LogP contribution in [0.2, 0.25) is 0 Å². The first-order chi connectivity index (χ1) is 17.8. The smallest absolute Gasteiger partial charge is 0.0352 e. The highest BCUT2D eigenvalue weighted by Gasteiger charge is 2.11. The van der Waals surface area contributed by atoms with Gasteiger partial charge in [0.2, 0.25) is 0 Å². The van der Waals surface area contributed by atoms with Gasteiger partial charge in [0, 0.05) is 17.3 Å². The minimum atomic E-state index is 0.402. The van der Waals surface area contributed by atoms with Crippen molar-refractivity contribution in [2.45, 2.75) is 46.5 Å². The van der Waals surface area contributed by atoms with E-state index in [0.29, 0.717) is 17.5 Å². The molecule has 0 aromatic heterocycles. The summed E-state index contributed by atoms with van der Waals surface area (Å²) in [6.45, 7) is 14.4.